The molecule has 0 saturated heterocycles. The normalized spacial score (nSPS) is 9.73. The molecule has 0 fully saturated rings. The minimum atomic E-state index is 0. The van der Waals surface area contributed by atoms with Gasteiger partial charge in [-0.15, -0.1) is 23.7 Å². The van der Waals surface area contributed by atoms with E-state index in [4.69, 9.17) is 4.42 Å². The predicted octanol–water partition coefficient (Wildman–Crippen LogP) is 3.39. The summed E-state index contributed by atoms with van der Waals surface area (Å²) in [5.74, 6) is 0.926. The number of anilines is 1. The van der Waals surface area contributed by atoms with E-state index in [2.05, 4.69) is 17.2 Å². The Balaban J connectivity index is 0.00000112. The average molecular weight is 245 g/mol. The molecule has 0 saturated carbocycles. The van der Waals surface area contributed by atoms with Crippen LogP contribution in [0.25, 0.3) is 0 Å². The molecule has 0 bridgehead atoms. The molecule has 0 radical (unpaired) electrons. The molecule has 0 spiro atoms. The van der Waals surface area contributed by atoms with Crippen molar-refractivity contribution in [2.75, 3.05) is 5.32 Å². The lowest BCUT2D eigenvalue weighted by molar-refractivity contribution is 0.518. The topological polar surface area (TPSA) is 38.1 Å². The van der Waals surface area contributed by atoms with Crippen LogP contribution < -0.4 is 5.32 Å². The zero-order chi connectivity index (χ0) is 9.97. The second-order valence-electron chi connectivity index (χ2n) is 3.09. The largest absolute Gasteiger partial charge is 0.467 e. The van der Waals surface area contributed by atoms with Gasteiger partial charge in [-0.3, -0.25) is 0 Å². The van der Waals surface area contributed by atoms with Crippen LogP contribution >= 0.6 is 23.7 Å². The summed E-state index contributed by atoms with van der Waals surface area (Å²) in [6.07, 6.45) is 1.68. The summed E-state index contributed by atoms with van der Waals surface area (Å²) in [5.41, 5.74) is 1.09. The Bertz CT molecular complexity index is 391. The fourth-order valence-corrected chi connectivity index (χ4v) is 1.93. The van der Waals surface area contributed by atoms with Crippen molar-refractivity contribution in [1.82, 2.24) is 4.98 Å². The van der Waals surface area contributed by atoms with E-state index in [0.717, 1.165) is 16.6 Å². The first kappa shape index (κ1) is 12.1. The molecule has 82 valence electrons. The molecule has 1 N–H and O–H groups in total. The van der Waals surface area contributed by atoms with E-state index in [1.807, 2.05) is 19.1 Å². The summed E-state index contributed by atoms with van der Waals surface area (Å²) in [6, 6.07) is 3.83. The summed E-state index contributed by atoms with van der Waals surface area (Å²) >= 11 is 1.67. The van der Waals surface area contributed by atoms with Gasteiger partial charge in [-0.25, -0.2) is 4.98 Å². The lowest BCUT2D eigenvalue weighted by Gasteiger charge is -1.97. The quantitative estimate of drug-likeness (QED) is 0.900. The number of aromatic nitrogens is 1. The molecular weight excluding hydrogens is 232 g/mol. The standard InChI is InChI=1S/C10H12N2OS.ClH/c1-7-8(2)14-10(12-7)11-6-9-4-3-5-13-9;/h3-5H,6H2,1-2H3,(H,11,12);1H. The van der Waals surface area contributed by atoms with Gasteiger partial charge in [-0.1, -0.05) is 0 Å². The molecule has 2 rings (SSSR count). The van der Waals surface area contributed by atoms with Crippen LogP contribution in [-0.4, -0.2) is 4.98 Å². The molecule has 2 heterocycles. The third-order valence-electron chi connectivity index (χ3n) is 2.02. The van der Waals surface area contributed by atoms with Crippen molar-refractivity contribution in [2.24, 2.45) is 0 Å². The van der Waals surface area contributed by atoms with Crippen molar-refractivity contribution < 1.29 is 4.42 Å². The number of aryl methyl sites for hydroxylation is 2. The van der Waals surface area contributed by atoms with Gasteiger partial charge < -0.3 is 9.73 Å². The predicted molar refractivity (Wildman–Crippen MR) is 64.9 cm³/mol. The second kappa shape index (κ2) is 5.19. The maximum absolute atomic E-state index is 5.21. The van der Waals surface area contributed by atoms with Gasteiger partial charge in [0, 0.05) is 4.88 Å². The highest BCUT2D eigenvalue weighted by Crippen LogP contribution is 2.21. The number of halogens is 1. The van der Waals surface area contributed by atoms with Crippen LogP contribution in [0.1, 0.15) is 16.3 Å². The molecule has 0 amide bonds. The highest BCUT2D eigenvalue weighted by molar-refractivity contribution is 7.15. The van der Waals surface area contributed by atoms with Gasteiger partial charge in [0.2, 0.25) is 0 Å². The molecule has 2 aromatic rings. The number of furan rings is 1. The number of hydrogen-bond acceptors (Lipinski definition) is 4. The molecule has 5 heteroatoms. The van der Waals surface area contributed by atoms with Crippen molar-refractivity contribution in [1.29, 1.82) is 0 Å². The molecule has 15 heavy (non-hydrogen) atoms. The van der Waals surface area contributed by atoms with Crippen LogP contribution in [0.15, 0.2) is 22.8 Å². The van der Waals surface area contributed by atoms with E-state index in [0.29, 0.717) is 6.54 Å². The van der Waals surface area contributed by atoms with Crippen LogP contribution in [0.3, 0.4) is 0 Å². The van der Waals surface area contributed by atoms with Crippen LogP contribution in [0.5, 0.6) is 0 Å². The van der Waals surface area contributed by atoms with Crippen LogP contribution in [0.4, 0.5) is 5.13 Å². The van der Waals surface area contributed by atoms with Gasteiger partial charge in [0.05, 0.1) is 18.5 Å². The van der Waals surface area contributed by atoms with Gasteiger partial charge in [0.15, 0.2) is 5.13 Å². The Kier molecular flexibility index (Phi) is 4.17. The van der Waals surface area contributed by atoms with Crippen molar-refractivity contribution in [3.05, 3.63) is 34.7 Å². The summed E-state index contributed by atoms with van der Waals surface area (Å²) in [4.78, 5) is 5.63. The molecular formula is C10H13ClN2OS. The van der Waals surface area contributed by atoms with E-state index in [1.54, 1.807) is 17.6 Å². The van der Waals surface area contributed by atoms with Crippen LogP contribution in [-0.2, 0) is 6.54 Å². The van der Waals surface area contributed by atoms with E-state index in [9.17, 15) is 0 Å². The Labute approximate surface area is 98.9 Å². The Morgan fingerprint density at radius 1 is 1.47 bits per heavy atom. The van der Waals surface area contributed by atoms with Crippen molar-refractivity contribution >= 4 is 28.9 Å². The Morgan fingerprint density at radius 2 is 2.27 bits per heavy atom. The summed E-state index contributed by atoms with van der Waals surface area (Å²) < 4.78 is 5.21. The summed E-state index contributed by atoms with van der Waals surface area (Å²) in [6.45, 7) is 4.79. The highest BCUT2D eigenvalue weighted by Gasteiger charge is 2.03. The van der Waals surface area contributed by atoms with Crippen molar-refractivity contribution in [3.8, 4) is 0 Å². The minimum Gasteiger partial charge on any atom is -0.467 e. The van der Waals surface area contributed by atoms with Crippen molar-refractivity contribution in [3.63, 3.8) is 0 Å². The third-order valence-corrected chi connectivity index (χ3v) is 3.05. The maximum Gasteiger partial charge on any atom is 0.183 e. The molecule has 0 atom stereocenters. The van der Waals surface area contributed by atoms with Crippen LogP contribution in [0.2, 0.25) is 0 Å². The summed E-state index contributed by atoms with van der Waals surface area (Å²) in [7, 11) is 0. The second-order valence-corrected chi connectivity index (χ2v) is 4.30. The maximum atomic E-state index is 5.21. The van der Waals surface area contributed by atoms with Gasteiger partial charge in [0.1, 0.15) is 5.76 Å². The third kappa shape index (κ3) is 2.97. The SMILES string of the molecule is Cc1nc(NCc2ccco2)sc1C.Cl. The smallest absolute Gasteiger partial charge is 0.183 e. The number of nitrogens with zero attached hydrogens (tertiary/aromatic N) is 1. The van der Waals surface area contributed by atoms with Gasteiger partial charge in [-0.05, 0) is 26.0 Å². The lowest BCUT2D eigenvalue weighted by Crippen LogP contribution is -1.97. The average Bonchev–Trinajstić information content (AvgIpc) is 2.74. The molecule has 2 aromatic heterocycles. The Hall–Kier alpha value is -1.00. The molecule has 0 aliphatic rings. The van der Waals surface area contributed by atoms with Gasteiger partial charge in [-0.2, -0.15) is 0 Å². The number of thiazole rings is 1. The van der Waals surface area contributed by atoms with Crippen LogP contribution in [0, 0.1) is 13.8 Å². The van der Waals surface area contributed by atoms with Crippen molar-refractivity contribution in [2.45, 2.75) is 20.4 Å². The number of nitrogens with one attached hydrogen (secondary N) is 1. The monoisotopic (exact) mass is 244 g/mol. The van der Waals surface area contributed by atoms with E-state index < -0.39 is 0 Å². The minimum absolute atomic E-state index is 0. The van der Waals surface area contributed by atoms with E-state index in [-0.39, 0.29) is 12.4 Å². The summed E-state index contributed by atoms with van der Waals surface area (Å²) in [5, 5.41) is 4.18. The lowest BCUT2D eigenvalue weighted by atomic mass is 10.4. The zero-order valence-electron chi connectivity index (χ0n) is 8.61. The highest BCUT2D eigenvalue weighted by atomic mass is 35.5. The van der Waals surface area contributed by atoms with Gasteiger partial charge >= 0.3 is 0 Å². The first-order chi connectivity index (χ1) is 6.75. The molecule has 0 unspecified atom stereocenters. The first-order valence-corrected chi connectivity index (χ1v) is 5.27. The fraction of sp³-hybridized carbons (Fsp3) is 0.300. The first-order valence-electron chi connectivity index (χ1n) is 4.46. The molecule has 3 nitrogen and oxygen atoms in total. The van der Waals surface area contributed by atoms with E-state index in [1.165, 1.54) is 4.88 Å². The fourth-order valence-electron chi connectivity index (χ4n) is 1.12. The molecule has 0 aromatic carbocycles. The molecule has 0 aliphatic heterocycles. The molecule has 0 aliphatic carbocycles. The van der Waals surface area contributed by atoms with E-state index >= 15 is 0 Å². The zero-order valence-corrected chi connectivity index (χ0v) is 10.2. The van der Waals surface area contributed by atoms with Gasteiger partial charge in [0.25, 0.3) is 0 Å². The number of rotatable bonds is 3. The number of hydrogen-bond donors (Lipinski definition) is 1. The Morgan fingerprint density at radius 3 is 2.80 bits per heavy atom.